The maximum Gasteiger partial charge on any atom is 0.407 e. The molecule has 0 aromatic carbocycles. The van der Waals surface area contributed by atoms with Crippen LogP contribution in [0.2, 0.25) is 0 Å². The maximum atomic E-state index is 11.5. The SMILES string of the molecule is CCOC(=O)CNC(=O)OC/C=C(\C)CC/C=C(\C)CC/C=C(\C)CCC=C(C)C. The van der Waals surface area contributed by atoms with Crippen molar-refractivity contribution in [1.82, 2.24) is 5.32 Å². The van der Waals surface area contributed by atoms with Crippen LogP contribution in [0.5, 0.6) is 0 Å². The minimum absolute atomic E-state index is 0.177. The Morgan fingerprint density at radius 1 is 0.733 bits per heavy atom. The van der Waals surface area contributed by atoms with Crippen molar-refractivity contribution in [2.24, 2.45) is 0 Å². The highest BCUT2D eigenvalue weighted by Gasteiger charge is 2.05. The summed E-state index contributed by atoms with van der Waals surface area (Å²) in [7, 11) is 0. The van der Waals surface area contributed by atoms with Crippen LogP contribution in [0.15, 0.2) is 46.6 Å². The second kappa shape index (κ2) is 17.5. The Labute approximate surface area is 183 Å². The fourth-order valence-corrected chi connectivity index (χ4v) is 2.65. The van der Waals surface area contributed by atoms with Gasteiger partial charge in [0.15, 0.2) is 0 Å². The molecule has 0 unspecified atom stereocenters. The lowest BCUT2D eigenvalue weighted by atomic mass is 10.0. The van der Waals surface area contributed by atoms with E-state index in [0.29, 0.717) is 6.61 Å². The minimum Gasteiger partial charge on any atom is -0.465 e. The van der Waals surface area contributed by atoms with Crippen molar-refractivity contribution < 1.29 is 19.1 Å². The third kappa shape index (κ3) is 17.8. The van der Waals surface area contributed by atoms with Crippen molar-refractivity contribution in [1.29, 1.82) is 0 Å². The number of nitrogens with one attached hydrogen (secondary N) is 1. The molecule has 0 heterocycles. The summed E-state index contributed by atoms with van der Waals surface area (Å²) >= 11 is 0. The molecule has 5 nitrogen and oxygen atoms in total. The number of amides is 1. The van der Waals surface area contributed by atoms with Gasteiger partial charge in [-0.3, -0.25) is 4.79 Å². The van der Waals surface area contributed by atoms with Gasteiger partial charge in [-0.05, 0) is 86.1 Å². The van der Waals surface area contributed by atoms with Crippen molar-refractivity contribution in [2.75, 3.05) is 19.8 Å². The number of hydrogen-bond donors (Lipinski definition) is 1. The summed E-state index contributed by atoms with van der Waals surface area (Å²) in [6.45, 7) is 12.7. The molecular formula is C25H41NO4. The van der Waals surface area contributed by atoms with Gasteiger partial charge in [-0.25, -0.2) is 4.79 Å². The summed E-state index contributed by atoms with van der Waals surface area (Å²) in [5.74, 6) is -0.474. The van der Waals surface area contributed by atoms with Gasteiger partial charge in [-0.1, -0.05) is 40.5 Å². The van der Waals surface area contributed by atoms with Gasteiger partial charge in [0.05, 0.1) is 6.61 Å². The molecule has 0 aromatic heterocycles. The van der Waals surface area contributed by atoms with Gasteiger partial charge < -0.3 is 14.8 Å². The number of hydrogen-bond acceptors (Lipinski definition) is 4. The zero-order valence-electron chi connectivity index (χ0n) is 19.8. The topological polar surface area (TPSA) is 64.6 Å². The lowest BCUT2D eigenvalue weighted by molar-refractivity contribution is -0.141. The van der Waals surface area contributed by atoms with Crippen LogP contribution in [-0.4, -0.2) is 31.8 Å². The van der Waals surface area contributed by atoms with Crippen LogP contribution < -0.4 is 5.32 Å². The average Bonchev–Trinajstić information content (AvgIpc) is 2.66. The Balaban J connectivity index is 4.01. The highest BCUT2D eigenvalue weighted by molar-refractivity contribution is 5.77. The van der Waals surface area contributed by atoms with Gasteiger partial charge in [0.1, 0.15) is 13.2 Å². The second-order valence-corrected chi connectivity index (χ2v) is 7.81. The number of carbonyl (C=O) groups excluding carboxylic acids is 2. The summed E-state index contributed by atoms with van der Waals surface area (Å²) in [6.07, 6.45) is 14.6. The zero-order valence-corrected chi connectivity index (χ0v) is 19.8. The van der Waals surface area contributed by atoms with E-state index in [2.05, 4.69) is 51.2 Å². The first-order valence-electron chi connectivity index (χ1n) is 10.9. The molecule has 0 saturated carbocycles. The molecule has 170 valence electrons. The van der Waals surface area contributed by atoms with Gasteiger partial charge >= 0.3 is 12.1 Å². The van der Waals surface area contributed by atoms with Gasteiger partial charge in [0.2, 0.25) is 0 Å². The Bertz CT molecular complexity index is 638. The molecule has 0 rings (SSSR count). The van der Waals surface area contributed by atoms with Crippen molar-refractivity contribution in [3.63, 3.8) is 0 Å². The molecule has 5 heteroatoms. The summed E-state index contributed by atoms with van der Waals surface area (Å²) in [4.78, 5) is 22.6. The van der Waals surface area contributed by atoms with Crippen LogP contribution in [0.1, 0.15) is 80.1 Å². The largest absolute Gasteiger partial charge is 0.465 e. The highest BCUT2D eigenvalue weighted by atomic mass is 16.6. The zero-order chi connectivity index (χ0) is 22.8. The molecule has 1 N–H and O–H groups in total. The van der Waals surface area contributed by atoms with E-state index in [0.717, 1.165) is 38.5 Å². The maximum absolute atomic E-state index is 11.5. The quantitative estimate of drug-likeness (QED) is 0.260. The van der Waals surface area contributed by atoms with Gasteiger partial charge in [0, 0.05) is 0 Å². The minimum atomic E-state index is -0.618. The predicted octanol–water partition coefficient (Wildman–Crippen LogP) is 6.42. The third-order valence-corrected chi connectivity index (χ3v) is 4.48. The second-order valence-electron chi connectivity index (χ2n) is 7.81. The van der Waals surface area contributed by atoms with Crippen LogP contribution in [0.25, 0.3) is 0 Å². The van der Waals surface area contributed by atoms with Gasteiger partial charge in [0.25, 0.3) is 0 Å². The molecule has 1 amide bonds. The third-order valence-electron chi connectivity index (χ3n) is 4.48. The van der Waals surface area contributed by atoms with E-state index >= 15 is 0 Å². The molecule has 0 bridgehead atoms. The number of ether oxygens (including phenoxy) is 2. The fourth-order valence-electron chi connectivity index (χ4n) is 2.65. The first kappa shape index (κ1) is 27.7. The first-order valence-corrected chi connectivity index (χ1v) is 10.9. The Morgan fingerprint density at radius 2 is 1.23 bits per heavy atom. The van der Waals surface area contributed by atoms with E-state index in [1.165, 1.54) is 22.3 Å². The highest BCUT2D eigenvalue weighted by Crippen LogP contribution is 2.13. The number of allylic oxidation sites excluding steroid dienone is 7. The lowest BCUT2D eigenvalue weighted by Crippen LogP contribution is -2.31. The van der Waals surface area contributed by atoms with Crippen molar-refractivity contribution >= 4 is 12.1 Å². The monoisotopic (exact) mass is 419 g/mol. The smallest absolute Gasteiger partial charge is 0.407 e. The summed E-state index contributed by atoms with van der Waals surface area (Å²) in [5, 5.41) is 2.36. The lowest BCUT2D eigenvalue weighted by Gasteiger charge is -2.06. The molecule has 0 fully saturated rings. The Morgan fingerprint density at radius 3 is 1.73 bits per heavy atom. The summed E-state index contributed by atoms with van der Waals surface area (Å²) in [6, 6.07) is 0. The average molecular weight is 420 g/mol. The molecule has 0 aliphatic heterocycles. The van der Waals surface area contributed by atoms with Crippen molar-refractivity contribution in [3.8, 4) is 0 Å². The van der Waals surface area contributed by atoms with Crippen molar-refractivity contribution in [2.45, 2.75) is 80.1 Å². The number of alkyl carbamates (subject to hydrolysis) is 1. The molecule has 0 atom stereocenters. The number of carbonyl (C=O) groups is 2. The van der Waals surface area contributed by atoms with Crippen LogP contribution >= 0.6 is 0 Å². The predicted molar refractivity (Wildman–Crippen MR) is 124 cm³/mol. The number of rotatable bonds is 14. The Hall–Kier alpha value is -2.30. The van der Waals surface area contributed by atoms with Gasteiger partial charge in [-0.2, -0.15) is 0 Å². The van der Waals surface area contributed by atoms with E-state index in [9.17, 15) is 9.59 Å². The molecule has 30 heavy (non-hydrogen) atoms. The van der Waals surface area contributed by atoms with Crippen LogP contribution in [0.3, 0.4) is 0 Å². The van der Waals surface area contributed by atoms with E-state index < -0.39 is 12.1 Å². The first-order chi connectivity index (χ1) is 14.2. The molecule has 0 saturated heterocycles. The van der Waals surface area contributed by atoms with Crippen LogP contribution in [0, 0.1) is 0 Å². The standard InChI is InChI=1S/C25H41NO4/c1-7-29-24(27)19-26-25(28)30-18-17-23(6)16-10-15-22(5)14-9-13-21(4)12-8-11-20(2)3/h11,13,15,17H,7-10,12,14,16,18-19H2,1-6H3,(H,26,28)/b21-13+,22-15+,23-17+. The molecule has 0 aliphatic carbocycles. The van der Waals surface area contributed by atoms with E-state index in [-0.39, 0.29) is 13.2 Å². The molecule has 0 aliphatic rings. The summed E-state index contributed by atoms with van der Waals surface area (Å²) in [5.41, 5.74) is 5.43. The number of esters is 1. The van der Waals surface area contributed by atoms with Crippen LogP contribution in [0.4, 0.5) is 4.79 Å². The molecule has 0 spiro atoms. The molecule has 0 radical (unpaired) electrons. The normalized spacial score (nSPS) is 12.4. The van der Waals surface area contributed by atoms with Crippen LogP contribution in [-0.2, 0) is 14.3 Å². The van der Waals surface area contributed by atoms with E-state index in [1.807, 2.05) is 13.0 Å². The molecular weight excluding hydrogens is 378 g/mol. The summed E-state index contributed by atoms with van der Waals surface area (Å²) < 4.78 is 9.75. The Kier molecular flexibility index (Phi) is 16.2. The van der Waals surface area contributed by atoms with Crippen molar-refractivity contribution in [3.05, 3.63) is 46.6 Å². The van der Waals surface area contributed by atoms with E-state index in [1.54, 1.807) is 6.92 Å². The molecule has 0 aromatic rings. The van der Waals surface area contributed by atoms with Gasteiger partial charge in [-0.15, -0.1) is 0 Å². The van der Waals surface area contributed by atoms with E-state index in [4.69, 9.17) is 9.47 Å². The fraction of sp³-hybridized carbons (Fsp3) is 0.600.